The van der Waals surface area contributed by atoms with E-state index in [0.717, 1.165) is 31.2 Å². The van der Waals surface area contributed by atoms with Crippen molar-refractivity contribution in [2.24, 2.45) is 5.92 Å². The van der Waals surface area contributed by atoms with Crippen molar-refractivity contribution in [1.82, 2.24) is 15.5 Å². The Kier molecular flexibility index (Phi) is 11.4. The largest absolute Gasteiger partial charge is 0.390 e. The average Bonchev–Trinajstić information content (AvgIpc) is 3.32. The Morgan fingerprint density at radius 1 is 1.17 bits per heavy atom. The lowest BCUT2D eigenvalue weighted by Crippen LogP contribution is -2.55. The predicted octanol–water partition coefficient (Wildman–Crippen LogP) is 5.10. The van der Waals surface area contributed by atoms with E-state index in [4.69, 9.17) is 4.74 Å². The molecule has 0 radical (unpaired) electrons. The summed E-state index contributed by atoms with van der Waals surface area (Å²) in [5, 5.41) is 18.3. The van der Waals surface area contributed by atoms with E-state index in [2.05, 4.69) is 43.5 Å². The Morgan fingerprint density at radius 3 is 2.67 bits per heavy atom. The molecule has 0 spiro atoms. The first-order chi connectivity index (χ1) is 20.2. The molecule has 4 rings (SSSR count). The summed E-state index contributed by atoms with van der Waals surface area (Å²) in [5.41, 5.74) is 5.90. The number of aryl methyl sites for hydroxylation is 2. The summed E-state index contributed by atoms with van der Waals surface area (Å²) in [5.74, 6) is -0.455. The van der Waals surface area contributed by atoms with Crippen molar-refractivity contribution < 1.29 is 19.4 Å². The van der Waals surface area contributed by atoms with Gasteiger partial charge in [0.05, 0.1) is 24.9 Å². The summed E-state index contributed by atoms with van der Waals surface area (Å²) in [6.07, 6.45) is 7.43. The smallest absolute Gasteiger partial charge is 0.243 e. The van der Waals surface area contributed by atoms with Crippen LogP contribution >= 0.6 is 0 Å². The highest BCUT2D eigenvalue weighted by atomic mass is 16.5. The van der Waals surface area contributed by atoms with E-state index in [-0.39, 0.29) is 29.9 Å². The van der Waals surface area contributed by atoms with E-state index in [0.29, 0.717) is 26.0 Å². The van der Waals surface area contributed by atoms with Crippen molar-refractivity contribution in [1.29, 1.82) is 0 Å². The van der Waals surface area contributed by atoms with Crippen LogP contribution in [0.3, 0.4) is 0 Å². The predicted molar refractivity (Wildman–Crippen MR) is 167 cm³/mol. The van der Waals surface area contributed by atoms with Gasteiger partial charge in [0.1, 0.15) is 6.04 Å². The molecule has 0 saturated heterocycles. The fraction of sp³-hybridized carbons (Fsp3) is 0.543. The molecule has 0 saturated carbocycles. The molecule has 1 aliphatic heterocycles. The van der Waals surface area contributed by atoms with E-state index in [1.807, 2.05) is 49.4 Å². The summed E-state index contributed by atoms with van der Waals surface area (Å²) in [7, 11) is 1.72. The highest BCUT2D eigenvalue weighted by molar-refractivity contribution is 5.88. The molecule has 2 aromatic carbocycles. The number of fused-ring (bicyclic) bond motifs is 5. The van der Waals surface area contributed by atoms with Crippen LogP contribution in [-0.2, 0) is 20.7 Å². The second-order valence-corrected chi connectivity index (χ2v) is 12.2. The summed E-state index contributed by atoms with van der Waals surface area (Å²) in [6.45, 7) is 9.03. The lowest BCUT2D eigenvalue weighted by molar-refractivity contribution is -0.142. The van der Waals surface area contributed by atoms with Crippen LogP contribution in [0.15, 0.2) is 54.6 Å². The molecule has 2 aliphatic rings. The zero-order valence-electron chi connectivity index (χ0n) is 25.9. The quantitative estimate of drug-likeness (QED) is 0.400. The Bertz CT molecular complexity index is 1230. The van der Waals surface area contributed by atoms with Crippen molar-refractivity contribution >= 4 is 11.8 Å². The number of aliphatic hydroxyl groups excluding tert-OH is 1. The summed E-state index contributed by atoms with van der Waals surface area (Å²) in [4.78, 5) is 28.8. The molecule has 228 valence electrons. The fourth-order valence-electron chi connectivity index (χ4n) is 6.42. The molecule has 7 heteroatoms. The summed E-state index contributed by atoms with van der Waals surface area (Å²) in [6, 6.07) is 13.1. The number of aliphatic hydroxyl groups is 1. The van der Waals surface area contributed by atoms with Crippen molar-refractivity contribution in [3.8, 4) is 0 Å². The van der Waals surface area contributed by atoms with Gasteiger partial charge in [-0.05, 0) is 61.8 Å². The van der Waals surface area contributed by atoms with E-state index < -0.39 is 18.2 Å². The maximum Gasteiger partial charge on any atom is 0.243 e. The molecule has 2 aromatic rings. The van der Waals surface area contributed by atoms with Gasteiger partial charge in [0, 0.05) is 25.6 Å². The van der Waals surface area contributed by atoms with Crippen LogP contribution in [0.2, 0.25) is 0 Å². The van der Waals surface area contributed by atoms with Crippen LogP contribution in [0.4, 0.5) is 0 Å². The third-order valence-electron chi connectivity index (χ3n) is 8.82. The van der Waals surface area contributed by atoms with Gasteiger partial charge in [0.2, 0.25) is 11.8 Å². The molecule has 42 heavy (non-hydrogen) atoms. The Labute approximate surface area is 251 Å². The molecule has 7 nitrogen and oxygen atoms in total. The normalized spacial score (nSPS) is 26.3. The number of hydrogen-bond donors (Lipinski definition) is 3. The fourth-order valence-corrected chi connectivity index (χ4v) is 6.42. The number of rotatable bonds is 7. The summed E-state index contributed by atoms with van der Waals surface area (Å²) < 4.78 is 6.37. The lowest BCUT2D eigenvalue weighted by Gasteiger charge is -2.32. The number of likely N-dealkylation sites (N-methyl/N-ethyl adjacent to an activating group) is 1. The standard InChI is InChI=1S/C35H49N3O4/c1-6-7-13-24(3)35(41)38(5)30-16-11-12-17-42-32-21-28(27-19-23(2)18-25(4)33(27)32)36-22-31(39)29(37-34(30)40)20-26-14-9-8-10-15-26/h8-12,14-15,18-19,24,28-32,36,39H,6-7,13,16-17,20-22H2,1-5H3,(H,37,40)/b12-11+/t24?,28-,29+,30-,31-,32+/m1/s1. The van der Waals surface area contributed by atoms with Gasteiger partial charge in [-0.3, -0.25) is 9.59 Å². The van der Waals surface area contributed by atoms with E-state index in [1.54, 1.807) is 11.9 Å². The van der Waals surface area contributed by atoms with Gasteiger partial charge < -0.3 is 25.4 Å². The third kappa shape index (κ3) is 7.88. The van der Waals surface area contributed by atoms with Gasteiger partial charge in [0.25, 0.3) is 0 Å². The van der Waals surface area contributed by atoms with Crippen LogP contribution in [-0.4, -0.2) is 60.2 Å². The number of carbonyl (C=O) groups is 2. The Balaban J connectivity index is 1.63. The number of hydrogen-bond acceptors (Lipinski definition) is 5. The van der Waals surface area contributed by atoms with Crippen LogP contribution in [0.25, 0.3) is 0 Å². The van der Waals surface area contributed by atoms with Gasteiger partial charge in [0.15, 0.2) is 0 Å². The average molecular weight is 576 g/mol. The van der Waals surface area contributed by atoms with E-state index >= 15 is 0 Å². The number of nitrogens with zero attached hydrogens (tertiary/aromatic N) is 1. The van der Waals surface area contributed by atoms with Crippen LogP contribution in [0.5, 0.6) is 0 Å². The first-order valence-electron chi connectivity index (χ1n) is 15.6. The van der Waals surface area contributed by atoms with Crippen molar-refractivity contribution in [2.45, 2.75) is 96.6 Å². The minimum atomic E-state index is -0.839. The molecule has 1 unspecified atom stereocenters. The highest BCUT2D eigenvalue weighted by Gasteiger charge is 2.35. The molecule has 2 bridgehead atoms. The molecule has 2 amide bonds. The second-order valence-electron chi connectivity index (χ2n) is 12.2. The monoisotopic (exact) mass is 575 g/mol. The number of carbonyl (C=O) groups excluding carboxylic acids is 2. The number of unbranched alkanes of at least 4 members (excludes halogenated alkanes) is 1. The minimum absolute atomic E-state index is 0.0346. The van der Waals surface area contributed by atoms with Gasteiger partial charge in [-0.15, -0.1) is 0 Å². The van der Waals surface area contributed by atoms with Crippen LogP contribution in [0, 0.1) is 19.8 Å². The molecular weight excluding hydrogens is 526 g/mol. The number of benzene rings is 2. The SMILES string of the molecule is CCCCC(C)C(=O)N(C)[C@@H]1C/C=C/CO[C@H]2C[C@@H](NC[C@@H](O)[C@H](Cc3ccccc3)NC1=O)c1cc(C)cc(C)c12. The zero-order chi connectivity index (χ0) is 30.2. The third-order valence-corrected chi connectivity index (χ3v) is 8.82. The molecule has 1 aliphatic carbocycles. The van der Waals surface area contributed by atoms with Crippen molar-refractivity contribution in [3.05, 3.63) is 82.4 Å². The van der Waals surface area contributed by atoms with Gasteiger partial charge in [-0.25, -0.2) is 0 Å². The number of amides is 2. The maximum atomic E-state index is 13.8. The van der Waals surface area contributed by atoms with Crippen molar-refractivity contribution in [3.63, 3.8) is 0 Å². The van der Waals surface area contributed by atoms with E-state index in [9.17, 15) is 14.7 Å². The first-order valence-corrected chi connectivity index (χ1v) is 15.6. The maximum absolute atomic E-state index is 13.8. The molecular formula is C35H49N3O4. The molecule has 1 heterocycles. The topological polar surface area (TPSA) is 90.9 Å². The number of nitrogens with one attached hydrogen (secondary N) is 2. The molecule has 3 N–H and O–H groups in total. The zero-order valence-corrected chi connectivity index (χ0v) is 25.9. The molecule has 6 atom stereocenters. The second kappa shape index (κ2) is 14.9. The number of β-amino-alcohol motifs (C(OH)–C–C–N with tert-alkyl or cyclic N) is 1. The van der Waals surface area contributed by atoms with Gasteiger partial charge in [-0.1, -0.05) is 86.9 Å². The van der Waals surface area contributed by atoms with Crippen LogP contribution in [0.1, 0.15) is 85.9 Å². The first kappa shape index (κ1) is 31.9. The Hall–Kier alpha value is -3.00. The van der Waals surface area contributed by atoms with E-state index in [1.165, 1.54) is 22.3 Å². The van der Waals surface area contributed by atoms with Gasteiger partial charge >= 0.3 is 0 Å². The van der Waals surface area contributed by atoms with Crippen LogP contribution < -0.4 is 10.6 Å². The number of ether oxygens (including phenoxy) is 1. The molecule has 0 fully saturated rings. The Morgan fingerprint density at radius 2 is 1.93 bits per heavy atom. The highest BCUT2D eigenvalue weighted by Crippen LogP contribution is 2.43. The molecule has 0 aromatic heterocycles. The minimum Gasteiger partial charge on any atom is -0.390 e. The van der Waals surface area contributed by atoms with Gasteiger partial charge in [-0.2, -0.15) is 0 Å². The van der Waals surface area contributed by atoms with Crippen molar-refractivity contribution in [2.75, 3.05) is 20.2 Å². The summed E-state index contributed by atoms with van der Waals surface area (Å²) >= 11 is 0. The lowest BCUT2D eigenvalue weighted by atomic mass is 9.98.